The van der Waals surface area contributed by atoms with Crippen molar-refractivity contribution in [1.82, 2.24) is 0 Å². The van der Waals surface area contributed by atoms with E-state index >= 15 is 0 Å². The van der Waals surface area contributed by atoms with Crippen LogP contribution in [0.5, 0.6) is 17.2 Å². The van der Waals surface area contributed by atoms with Crippen molar-refractivity contribution in [3.63, 3.8) is 0 Å². The maximum absolute atomic E-state index is 13.3. The lowest BCUT2D eigenvalue weighted by Crippen LogP contribution is -2.07. The van der Waals surface area contributed by atoms with E-state index in [1.807, 2.05) is 60.7 Å². The molecule has 0 saturated heterocycles. The number of benzene rings is 3. The number of rotatable bonds is 11. The van der Waals surface area contributed by atoms with Crippen LogP contribution in [-0.2, 0) is 0 Å². The molecule has 0 unspecified atom stereocenters. The predicted molar refractivity (Wildman–Crippen MR) is 151 cm³/mol. The van der Waals surface area contributed by atoms with Gasteiger partial charge in [0.25, 0.3) is 0 Å². The normalized spacial score (nSPS) is 10.9. The van der Waals surface area contributed by atoms with Gasteiger partial charge in [-0.1, -0.05) is 72.1 Å². The molecule has 4 aromatic rings. The van der Waals surface area contributed by atoms with Crippen molar-refractivity contribution >= 4 is 58.8 Å². The Bertz CT molecular complexity index is 1320. The van der Waals surface area contributed by atoms with Crippen LogP contribution >= 0.6 is 47.8 Å². The second-order valence-electron chi connectivity index (χ2n) is 7.46. The summed E-state index contributed by atoms with van der Waals surface area (Å²) in [6, 6.07) is 20.8. The predicted octanol–water partition coefficient (Wildman–Crippen LogP) is 7.45. The molecule has 0 amide bonds. The standard InChI is InChI=1S/C27H23Br3O5/c28-11-14-32-20-5-1-18(2-6-20)25-23-10-9-22(34-16-13-30)17-24(23)35-27(31)26(25)19-3-7-21(8-4-19)33-15-12-29/h1-10,17H,11-16H2. The Morgan fingerprint density at radius 2 is 1.06 bits per heavy atom. The van der Waals surface area contributed by atoms with Gasteiger partial charge >= 0.3 is 5.63 Å². The maximum Gasteiger partial charge on any atom is 0.344 e. The number of fused-ring (bicyclic) bond motifs is 1. The number of hydrogen-bond donors (Lipinski definition) is 0. The summed E-state index contributed by atoms with van der Waals surface area (Å²) in [6.07, 6.45) is 0. The highest BCUT2D eigenvalue weighted by Gasteiger charge is 2.19. The molecule has 0 saturated carbocycles. The summed E-state index contributed by atoms with van der Waals surface area (Å²) in [7, 11) is 0. The second kappa shape index (κ2) is 12.6. The van der Waals surface area contributed by atoms with Crippen LogP contribution in [0, 0.1) is 0 Å². The summed E-state index contributed by atoms with van der Waals surface area (Å²) >= 11 is 10.1. The van der Waals surface area contributed by atoms with Gasteiger partial charge < -0.3 is 18.6 Å². The first-order chi connectivity index (χ1) is 17.1. The third-order valence-corrected chi connectivity index (χ3v) is 6.17. The molecule has 1 heterocycles. The van der Waals surface area contributed by atoms with E-state index < -0.39 is 5.63 Å². The number of ether oxygens (including phenoxy) is 3. The van der Waals surface area contributed by atoms with Gasteiger partial charge in [-0.25, -0.2) is 4.79 Å². The number of hydrogen-bond acceptors (Lipinski definition) is 5. The lowest BCUT2D eigenvalue weighted by atomic mass is 9.93. The second-order valence-corrected chi connectivity index (χ2v) is 9.84. The Labute approximate surface area is 228 Å². The van der Waals surface area contributed by atoms with Crippen molar-refractivity contribution in [2.24, 2.45) is 0 Å². The Morgan fingerprint density at radius 3 is 1.57 bits per heavy atom. The van der Waals surface area contributed by atoms with Gasteiger partial charge in [-0.2, -0.15) is 0 Å². The van der Waals surface area contributed by atoms with E-state index in [4.69, 9.17) is 18.6 Å². The molecule has 0 aliphatic rings. The average Bonchev–Trinajstić information content (AvgIpc) is 2.89. The van der Waals surface area contributed by atoms with Gasteiger partial charge in [0.1, 0.15) is 22.8 Å². The van der Waals surface area contributed by atoms with E-state index in [-0.39, 0.29) is 0 Å². The molecule has 8 heteroatoms. The fourth-order valence-corrected chi connectivity index (χ4v) is 4.22. The van der Waals surface area contributed by atoms with E-state index in [9.17, 15) is 4.79 Å². The summed E-state index contributed by atoms with van der Waals surface area (Å²) in [5.41, 5.74) is 2.98. The zero-order chi connectivity index (χ0) is 24.6. The Kier molecular flexibility index (Phi) is 9.29. The van der Waals surface area contributed by atoms with Gasteiger partial charge in [-0.15, -0.1) is 0 Å². The van der Waals surface area contributed by atoms with Crippen molar-refractivity contribution in [1.29, 1.82) is 0 Å². The lowest BCUT2D eigenvalue weighted by molar-refractivity contribution is 0.344. The molecule has 0 bridgehead atoms. The van der Waals surface area contributed by atoms with E-state index in [1.54, 1.807) is 6.07 Å². The van der Waals surface area contributed by atoms with Gasteiger partial charge in [0.2, 0.25) is 0 Å². The van der Waals surface area contributed by atoms with Crippen molar-refractivity contribution in [2.75, 3.05) is 35.8 Å². The molecule has 0 atom stereocenters. The summed E-state index contributed by atoms with van der Waals surface area (Å²) in [5, 5.41) is 3.01. The van der Waals surface area contributed by atoms with Crippen LogP contribution in [0.4, 0.5) is 0 Å². The molecule has 5 nitrogen and oxygen atoms in total. The van der Waals surface area contributed by atoms with Crippen LogP contribution in [0.25, 0.3) is 33.2 Å². The topological polar surface area (TPSA) is 57.9 Å². The minimum Gasteiger partial charge on any atom is -0.493 e. The fraction of sp³-hybridized carbons (Fsp3) is 0.222. The Hall–Kier alpha value is -2.29. The Balaban J connectivity index is 1.86. The summed E-state index contributed by atoms with van der Waals surface area (Å²) in [5.74, 6) is 2.15. The van der Waals surface area contributed by atoms with Gasteiger partial charge in [-0.3, -0.25) is 0 Å². The summed E-state index contributed by atoms with van der Waals surface area (Å²) in [4.78, 5) is 13.3. The number of halogens is 3. The van der Waals surface area contributed by atoms with Crippen LogP contribution in [0.3, 0.4) is 0 Å². The monoisotopic (exact) mass is 664 g/mol. The van der Waals surface area contributed by atoms with Crippen molar-refractivity contribution in [2.45, 2.75) is 0 Å². The SMILES string of the molecule is O=c1oc2cc(OCCBr)ccc2c(-c2ccc(OCCBr)cc2)c1-c1ccc(OCCBr)cc1. The molecule has 0 aliphatic carbocycles. The van der Waals surface area contributed by atoms with Crippen LogP contribution in [0.2, 0.25) is 0 Å². The highest BCUT2D eigenvalue weighted by molar-refractivity contribution is 9.09. The average molecular weight is 667 g/mol. The molecule has 35 heavy (non-hydrogen) atoms. The molecule has 0 aliphatic heterocycles. The van der Waals surface area contributed by atoms with E-state index in [2.05, 4.69) is 47.8 Å². The molecular formula is C27H23Br3O5. The van der Waals surface area contributed by atoms with Gasteiger partial charge in [-0.05, 0) is 47.5 Å². The zero-order valence-corrected chi connectivity index (χ0v) is 23.5. The van der Waals surface area contributed by atoms with Gasteiger partial charge in [0.05, 0.1) is 25.4 Å². The molecular weight excluding hydrogens is 644 g/mol. The summed E-state index contributed by atoms with van der Waals surface area (Å²) in [6.45, 7) is 1.65. The van der Waals surface area contributed by atoms with Crippen LogP contribution < -0.4 is 19.8 Å². The quantitative estimate of drug-likeness (QED) is 0.123. The third-order valence-electron chi connectivity index (χ3n) is 5.20. The van der Waals surface area contributed by atoms with Crippen molar-refractivity contribution < 1.29 is 18.6 Å². The third kappa shape index (κ3) is 6.29. The molecule has 4 rings (SSSR count). The molecule has 0 radical (unpaired) electrons. The van der Waals surface area contributed by atoms with E-state index in [0.717, 1.165) is 44.2 Å². The van der Waals surface area contributed by atoms with Crippen LogP contribution in [0.1, 0.15) is 0 Å². The number of alkyl halides is 3. The van der Waals surface area contributed by atoms with E-state index in [1.165, 1.54) is 0 Å². The smallest absolute Gasteiger partial charge is 0.344 e. The van der Waals surface area contributed by atoms with E-state index in [0.29, 0.717) is 42.0 Å². The molecule has 0 spiro atoms. The molecule has 3 aromatic carbocycles. The van der Waals surface area contributed by atoms with Crippen LogP contribution in [0.15, 0.2) is 75.9 Å². The first-order valence-electron chi connectivity index (χ1n) is 11.0. The molecule has 0 fully saturated rings. The first-order valence-corrected chi connectivity index (χ1v) is 14.4. The minimum absolute atomic E-state index is 0.418. The minimum atomic E-state index is -0.418. The van der Waals surface area contributed by atoms with Gasteiger partial charge in [0.15, 0.2) is 0 Å². The van der Waals surface area contributed by atoms with Crippen LogP contribution in [-0.4, -0.2) is 35.8 Å². The highest BCUT2D eigenvalue weighted by Crippen LogP contribution is 2.38. The van der Waals surface area contributed by atoms with Crippen molar-refractivity contribution in [3.05, 3.63) is 77.2 Å². The molecule has 1 aromatic heterocycles. The fourth-order valence-electron chi connectivity index (χ4n) is 3.74. The Morgan fingerprint density at radius 1 is 0.600 bits per heavy atom. The summed E-state index contributed by atoms with van der Waals surface area (Å²) < 4.78 is 22.9. The zero-order valence-electron chi connectivity index (χ0n) is 18.8. The first kappa shape index (κ1) is 25.8. The molecule has 182 valence electrons. The van der Waals surface area contributed by atoms with Gasteiger partial charge in [0, 0.05) is 33.0 Å². The molecule has 0 N–H and O–H groups in total. The lowest BCUT2D eigenvalue weighted by Gasteiger charge is -2.14. The van der Waals surface area contributed by atoms with Crippen molar-refractivity contribution in [3.8, 4) is 39.5 Å². The maximum atomic E-state index is 13.3. The highest BCUT2D eigenvalue weighted by atomic mass is 79.9. The largest absolute Gasteiger partial charge is 0.493 e.